The molecule has 4 nitrogen and oxygen atoms in total. The number of carbonyl (C=O) groups excluding carboxylic acids is 1. The van der Waals surface area contributed by atoms with Crippen molar-refractivity contribution in [1.82, 2.24) is 0 Å². The van der Waals surface area contributed by atoms with Crippen LogP contribution in [0.25, 0.3) is 0 Å². The van der Waals surface area contributed by atoms with E-state index in [-0.39, 0.29) is 13.2 Å². The van der Waals surface area contributed by atoms with Crippen molar-refractivity contribution in [2.75, 3.05) is 19.8 Å². The molecule has 0 amide bonds. The molecule has 0 aliphatic heterocycles. The quantitative estimate of drug-likeness (QED) is 0.516. The molecule has 0 aliphatic rings. The molecule has 0 fully saturated rings. The van der Waals surface area contributed by atoms with Crippen LogP contribution in [-0.2, 0) is 9.47 Å². The van der Waals surface area contributed by atoms with Gasteiger partial charge in [0.2, 0.25) is 0 Å². The minimum atomic E-state index is -0.641. The van der Waals surface area contributed by atoms with Crippen LogP contribution in [0.15, 0.2) is 0 Å². The van der Waals surface area contributed by atoms with E-state index in [4.69, 9.17) is 14.6 Å². The first-order valence-corrected chi connectivity index (χ1v) is 5.92. The molecule has 0 saturated heterocycles. The molecule has 4 heteroatoms. The lowest BCUT2D eigenvalue weighted by molar-refractivity contribution is 0.0133. The first-order valence-electron chi connectivity index (χ1n) is 5.92. The molecule has 0 atom stereocenters. The van der Waals surface area contributed by atoms with Gasteiger partial charge >= 0.3 is 6.16 Å². The van der Waals surface area contributed by atoms with E-state index in [0.29, 0.717) is 6.61 Å². The monoisotopic (exact) mass is 232 g/mol. The third kappa shape index (κ3) is 8.53. The number of ether oxygens (including phenoxy) is 2. The highest BCUT2D eigenvalue weighted by Crippen LogP contribution is 2.13. The molecule has 16 heavy (non-hydrogen) atoms. The van der Waals surface area contributed by atoms with Gasteiger partial charge in [0.25, 0.3) is 0 Å². The van der Waals surface area contributed by atoms with Gasteiger partial charge in [0.15, 0.2) is 0 Å². The minimum Gasteiger partial charge on any atom is -0.434 e. The molecule has 0 heterocycles. The van der Waals surface area contributed by atoms with Crippen molar-refractivity contribution in [3.63, 3.8) is 0 Å². The Kier molecular flexibility index (Phi) is 7.99. The van der Waals surface area contributed by atoms with E-state index in [2.05, 4.69) is 6.92 Å². The maximum Gasteiger partial charge on any atom is 0.508 e. The number of unbranched alkanes of at least 4 members (excludes halogenated alkanes) is 3. The van der Waals surface area contributed by atoms with E-state index in [1.807, 2.05) is 13.8 Å². The molecule has 0 bridgehead atoms. The van der Waals surface area contributed by atoms with E-state index in [1.165, 1.54) is 0 Å². The lowest BCUT2D eigenvalue weighted by Crippen LogP contribution is -2.25. The zero-order valence-electron chi connectivity index (χ0n) is 10.6. The van der Waals surface area contributed by atoms with Crippen LogP contribution in [0.5, 0.6) is 0 Å². The maximum absolute atomic E-state index is 11.1. The molecule has 0 aromatic rings. The molecule has 0 aliphatic carbocycles. The predicted octanol–water partition coefficient (Wildman–Crippen LogP) is 2.74. The second-order valence-corrected chi connectivity index (χ2v) is 4.77. The zero-order valence-corrected chi connectivity index (χ0v) is 10.6. The lowest BCUT2D eigenvalue weighted by Gasteiger charge is -2.20. The molecule has 0 aromatic heterocycles. The summed E-state index contributed by atoms with van der Waals surface area (Å²) < 4.78 is 9.77. The van der Waals surface area contributed by atoms with E-state index in [1.54, 1.807) is 0 Å². The molecule has 0 spiro atoms. The fraction of sp³-hybridized carbons (Fsp3) is 0.917. The number of hydrogen-bond acceptors (Lipinski definition) is 4. The Morgan fingerprint density at radius 1 is 1.19 bits per heavy atom. The highest BCUT2D eigenvalue weighted by atomic mass is 16.7. The van der Waals surface area contributed by atoms with Gasteiger partial charge < -0.3 is 14.6 Å². The Morgan fingerprint density at radius 3 is 2.44 bits per heavy atom. The number of carbonyl (C=O) groups is 1. The summed E-state index contributed by atoms with van der Waals surface area (Å²) in [7, 11) is 0. The lowest BCUT2D eigenvalue weighted by atomic mass is 9.97. The second-order valence-electron chi connectivity index (χ2n) is 4.77. The second kappa shape index (κ2) is 8.39. The van der Waals surface area contributed by atoms with Crippen LogP contribution in [0.1, 0.15) is 46.5 Å². The molecular formula is C12H24O4. The summed E-state index contributed by atoms with van der Waals surface area (Å²) in [4.78, 5) is 11.1. The van der Waals surface area contributed by atoms with Gasteiger partial charge in [-0.1, -0.05) is 40.0 Å². The first-order chi connectivity index (χ1) is 7.52. The number of aliphatic hydroxyl groups is 1. The van der Waals surface area contributed by atoms with Gasteiger partial charge in [-0.3, -0.25) is 0 Å². The standard InChI is InChI=1S/C12H24O4/c1-4-5-6-7-8-15-11(14)16-10-12(2,3)9-13/h13H,4-10H2,1-3H3. The fourth-order valence-electron chi connectivity index (χ4n) is 1.03. The van der Waals surface area contributed by atoms with E-state index < -0.39 is 11.6 Å². The molecular weight excluding hydrogens is 208 g/mol. The van der Waals surface area contributed by atoms with Gasteiger partial charge in [-0.15, -0.1) is 0 Å². The Balaban J connectivity index is 3.45. The molecule has 1 N–H and O–H groups in total. The Hall–Kier alpha value is -0.770. The smallest absolute Gasteiger partial charge is 0.434 e. The van der Waals surface area contributed by atoms with Crippen LogP contribution in [0.4, 0.5) is 4.79 Å². The van der Waals surface area contributed by atoms with Crippen LogP contribution in [-0.4, -0.2) is 31.1 Å². The van der Waals surface area contributed by atoms with Gasteiger partial charge in [0.05, 0.1) is 13.2 Å². The van der Waals surface area contributed by atoms with Crippen molar-refractivity contribution in [2.45, 2.75) is 46.5 Å². The summed E-state index contributed by atoms with van der Waals surface area (Å²) >= 11 is 0. The Morgan fingerprint density at radius 2 is 1.88 bits per heavy atom. The number of aliphatic hydroxyl groups excluding tert-OH is 1. The van der Waals surface area contributed by atoms with Gasteiger partial charge in [-0.05, 0) is 6.42 Å². The average molecular weight is 232 g/mol. The van der Waals surface area contributed by atoms with E-state index in [9.17, 15) is 4.79 Å². The molecule has 0 saturated carbocycles. The molecule has 0 aromatic carbocycles. The van der Waals surface area contributed by atoms with E-state index in [0.717, 1.165) is 25.7 Å². The van der Waals surface area contributed by atoms with Crippen LogP contribution in [0.3, 0.4) is 0 Å². The van der Waals surface area contributed by atoms with Crippen LogP contribution in [0.2, 0.25) is 0 Å². The van der Waals surface area contributed by atoms with E-state index >= 15 is 0 Å². The predicted molar refractivity (Wildman–Crippen MR) is 62.3 cm³/mol. The first kappa shape index (κ1) is 15.2. The van der Waals surface area contributed by atoms with Crippen molar-refractivity contribution in [3.8, 4) is 0 Å². The number of rotatable bonds is 8. The third-order valence-corrected chi connectivity index (χ3v) is 2.23. The maximum atomic E-state index is 11.1. The average Bonchev–Trinajstić information content (AvgIpc) is 2.26. The van der Waals surface area contributed by atoms with Crippen molar-refractivity contribution < 1.29 is 19.4 Å². The highest BCUT2D eigenvalue weighted by Gasteiger charge is 2.19. The van der Waals surface area contributed by atoms with Crippen molar-refractivity contribution in [3.05, 3.63) is 0 Å². The van der Waals surface area contributed by atoms with Crippen LogP contribution >= 0.6 is 0 Å². The minimum absolute atomic E-state index is 0.0171. The largest absolute Gasteiger partial charge is 0.508 e. The third-order valence-electron chi connectivity index (χ3n) is 2.23. The van der Waals surface area contributed by atoms with Gasteiger partial charge in [-0.25, -0.2) is 4.79 Å². The highest BCUT2D eigenvalue weighted by molar-refractivity contribution is 5.59. The van der Waals surface area contributed by atoms with Crippen LogP contribution in [0, 0.1) is 5.41 Å². The van der Waals surface area contributed by atoms with Crippen LogP contribution < -0.4 is 0 Å². The Bertz CT molecular complexity index is 189. The molecule has 0 radical (unpaired) electrons. The summed E-state index contributed by atoms with van der Waals surface area (Å²) in [5.74, 6) is 0. The Labute approximate surface area is 97.9 Å². The summed E-state index contributed by atoms with van der Waals surface area (Å²) in [6.07, 6.45) is 3.64. The molecule has 0 unspecified atom stereocenters. The molecule has 0 rings (SSSR count). The van der Waals surface area contributed by atoms with Crippen molar-refractivity contribution in [1.29, 1.82) is 0 Å². The topological polar surface area (TPSA) is 55.8 Å². The zero-order chi connectivity index (χ0) is 12.4. The van der Waals surface area contributed by atoms with Gasteiger partial charge in [-0.2, -0.15) is 0 Å². The number of hydrogen-bond donors (Lipinski definition) is 1. The molecule has 96 valence electrons. The summed E-state index contributed by atoms with van der Waals surface area (Å²) in [6.45, 7) is 6.35. The van der Waals surface area contributed by atoms with Crippen molar-refractivity contribution >= 4 is 6.16 Å². The normalized spacial score (nSPS) is 11.2. The van der Waals surface area contributed by atoms with Crippen molar-refractivity contribution in [2.24, 2.45) is 5.41 Å². The SMILES string of the molecule is CCCCCCOC(=O)OCC(C)(C)CO. The fourth-order valence-corrected chi connectivity index (χ4v) is 1.03. The summed E-state index contributed by atoms with van der Waals surface area (Å²) in [6, 6.07) is 0. The summed E-state index contributed by atoms with van der Waals surface area (Å²) in [5.41, 5.74) is -0.402. The summed E-state index contributed by atoms with van der Waals surface area (Å²) in [5, 5.41) is 8.95. The van der Waals surface area contributed by atoms with Gasteiger partial charge in [0.1, 0.15) is 6.61 Å². The van der Waals surface area contributed by atoms with Gasteiger partial charge in [0, 0.05) is 5.41 Å².